The molecular formula is C27H21F3N2O4. The van der Waals surface area contributed by atoms with Gasteiger partial charge in [0.05, 0.1) is 11.1 Å². The van der Waals surface area contributed by atoms with Gasteiger partial charge >= 0.3 is 12.1 Å². The number of ether oxygens (including phenoxy) is 1. The van der Waals surface area contributed by atoms with Crippen LogP contribution in [0.3, 0.4) is 0 Å². The topological polar surface area (TPSA) is 88.5 Å². The number of hydrogen-bond donors (Lipinski definition) is 2. The van der Waals surface area contributed by atoms with Crippen LogP contribution in [0.25, 0.3) is 10.8 Å². The van der Waals surface area contributed by atoms with Gasteiger partial charge in [0.25, 0.3) is 5.91 Å². The van der Waals surface area contributed by atoms with Gasteiger partial charge in [-0.25, -0.2) is 4.79 Å². The van der Waals surface area contributed by atoms with E-state index in [2.05, 4.69) is 10.3 Å². The lowest BCUT2D eigenvalue weighted by molar-refractivity contribution is -0.139. The minimum atomic E-state index is -4.45. The number of hydrogen-bond acceptors (Lipinski definition) is 4. The van der Waals surface area contributed by atoms with Crippen molar-refractivity contribution in [2.75, 3.05) is 0 Å². The number of fused-ring (bicyclic) bond motifs is 1. The molecule has 0 fully saturated rings. The number of carbonyl (C=O) groups excluding carboxylic acids is 1. The van der Waals surface area contributed by atoms with Crippen molar-refractivity contribution in [1.82, 2.24) is 10.3 Å². The number of rotatable bonds is 8. The van der Waals surface area contributed by atoms with Crippen LogP contribution in [-0.4, -0.2) is 28.0 Å². The van der Waals surface area contributed by atoms with Gasteiger partial charge in [0.1, 0.15) is 18.4 Å². The van der Waals surface area contributed by atoms with Crippen LogP contribution in [0.2, 0.25) is 0 Å². The van der Waals surface area contributed by atoms with E-state index in [1.54, 1.807) is 30.3 Å². The molecule has 0 unspecified atom stereocenters. The molecule has 2 N–H and O–H groups in total. The maximum atomic E-state index is 13.2. The van der Waals surface area contributed by atoms with Crippen LogP contribution in [0.5, 0.6) is 5.75 Å². The van der Waals surface area contributed by atoms with Crippen LogP contribution in [0.4, 0.5) is 13.2 Å². The second-order valence-corrected chi connectivity index (χ2v) is 8.07. The number of amides is 1. The fourth-order valence-corrected chi connectivity index (χ4v) is 3.71. The maximum absolute atomic E-state index is 13.2. The third-order valence-electron chi connectivity index (χ3n) is 5.58. The Balaban J connectivity index is 1.60. The molecular weight excluding hydrogens is 473 g/mol. The molecule has 0 saturated heterocycles. The summed E-state index contributed by atoms with van der Waals surface area (Å²) in [6.45, 7) is -0.0915. The van der Waals surface area contributed by atoms with E-state index in [1.807, 2.05) is 12.1 Å². The third-order valence-corrected chi connectivity index (χ3v) is 5.58. The maximum Gasteiger partial charge on any atom is 0.416 e. The molecule has 0 bridgehead atoms. The van der Waals surface area contributed by atoms with Gasteiger partial charge in [-0.3, -0.25) is 9.78 Å². The number of nitrogens with zero attached hydrogens (tertiary/aromatic N) is 1. The molecule has 4 rings (SSSR count). The minimum absolute atomic E-state index is 0.0545. The quantitative estimate of drug-likeness (QED) is 0.349. The summed E-state index contributed by atoms with van der Waals surface area (Å²) in [6.07, 6.45) is -1.32. The molecule has 0 aliphatic carbocycles. The molecule has 4 aromatic rings. The Labute approximate surface area is 204 Å². The van der Waals surface area contributed by atoms with E-state index in [0.29, 0.717) is 16.5 Å². The van der Waals surface area contributed by atoms with Gasteiger partial charge in [-0.2, -0.15) is 13.2 Å². The van der Waals surface area contributed by atoms with E-state index in [9.17, 15) is 27.9 Å². The van der Waals surface area contributed by atoms with Crippen LogP contribution in [0.15, 0.2) is 85.2 Å². The van der Waals surface area contributed by atoms with Gasteiger partial charge in [-0.05, 0) is 46.8 Å². The molecule has 1 amide bonds. The number of aliphatic carboxylic acids is 1. The standard InChI is InChI=1S/C27H21F3N2O4/c28-27(29,30)20-8-5-18(6-9-20)16-36-24-21-4-2-1-3-19(21)7-10-22(24)25(33)32-23(26(34)35)15-17-11-13-31-14-12-17/h1-14,23H,15-16H2,(H,32,33)(H,34,35)/t23-/m0/s1. The summed E-state index contributed by atoms with van der Waals surface area (Å²) in [4.78, 5) is 28.9. The van der Waals surface area contributed by atoms with Crippen LogP contribution in [0, 0.1) is 0 Å². The number of aromatic nitrogens is 1. The second-order valence-electron chi connectivity index (χ2n) is 8.07. The van der Waals surface area contributed by atoms with Crippen molar-refractivity contribution < 1.29 is 32.6 Å². The van der Waals surface area contributed by atoms with Crippen molar-refractivity contribution in [1.29, 1.82) is 0 Å². The molecule has 0 saturated carbocycles. The first-order valence-corrected chi connectivity index (χ1v) is 11.0. The van der Waals surface area contributed by atoms with Crippen LogP contribution >= 0.6 is 0 Å². The Hall–Kier alpha value is -4.40. The first-order valence-electron chi connectivity index (χ1n) is 11.0. The highest BCUT2D eigenvalue weighted by atomic mass is 19.4. The van der Waals surface area contributed by atoms with Gasteiger partial charge in [0, 0.05) is 24.2 Å². The number of nitrogens with one attached hydrogen (secondary N) is 1. The average molecular weight is 494 g/mol. The van der Waals surface area contributed by atoms with E-state index in [4.69, 9.17) is 4.74 Å². The highest BCUT2D eigenvalue weighted by Gasteiger charge is 2.30. The molecule has 1 heterocycles. The van der Waals surface area contributed by atoms with E-state index >= 15 is 0 Å². The summed E-state index contributed by atoms with van der Waals surface area (Å²) in [6, 6.07) is 17.1. The Kier molecular flexibility index (Phi) is 7.19. The van der Waals surface area contributed by atoms with Crippen molar-refractivity contribution in [3.05, 3.63) is 107 Å². The van der Waals surface area contributed by atoms with Crippen molar-refractivity contribution in [2.24, 2.45) is 0 Å². The largest absolute Gasteiger partial charge is 0.487 e. The lowest BCUT2D eigenvalue weighted by Crippen LogP contribution is -2.42. The van der Waals surface area contributed by atoms with Gasteiger partial charge in [0.15, 0.2) is 0 Å². The second kappa shape index (κ2) is 10.5. The number of carboxylic acids is 1. The first kappa shape index (κ1) is 24.7. The van der Waals surface area contributed by atoms with E-state index in [0.717, 1.165) is 17.5 Å². The van der Waals surface area contributed by atoms with Crippen LogP contribution < -0.4 is 10.1 Å². The molecule has 1 atom stereocenters. The Bertz CT molecular complexity index is 1370. The molecule has 0 aliphatic heterocycles. The van der Waals surface area contributed by atoms with Crippen LogP contribution in [0.1, 0.15) is 27.0 Å². The number of carboxylic acid groups (broad SMARTS) is 1. The summed E-state index contributed by atoms with van der Waals surface area (Å²) in [5.41, 5.74) is 0.505. The third kappa shape index (κ3) is 5.80. The van der Waals surface area contributed by atoms with Crippen molar-refractivity contribution in [3.8, 4) is 5.75 Å². The Morgan fingerprint density at radius 3 is 2.28 bits per heavy atom. The number of alkyl halides is 3. The van der Waals surface area contributed by atoms with Gasteiger partial charge in [-0.1, -0.05) is 42.5 Å². The molecule has 9 heteroatoms. The minimum Gasteiger partial charge on any atom is -0.487 e. The predicted molar refractivity (Wildman–Crippen MR) is 127 cm³/mol. The smallest absolute Gasteiger partial charge is 0.416 e. The molecule has 0 spiro atoms. The summed E-state index contributed by atoms with van der Waals surface area (Å²) < 4.78 is 44.5. The summed E-state index contributed by atoms with van der Waals surface area (Å²) in [5, 5.41) is 13.6. The van der Waals surface area contributed by atoms with Gasteiger partial charge in [-0.15, -0.1) is 0 Å². The predicted octanol–water partition coefficient (Wildman–Crippen LogP) is 5.26. The molecule has 0 aliphatic rings. The molecule has 36 heavy (non-hydrogen) atoms. The van der Waals surface area contributed by atoms with E-state index < -0.39 is 29.7 Å². The van der Waals surface area contributed by atoms with Gasteiger partial charge < -0.3 is 15.2 Å². The lowest BCUT2D eigenvalue weighted by atomic mass is 10.0. The van der Waals surface area contributed by atoms with Crippen LogP contribution in [-0.2, 0) is 24.0 Å². The fraction of sp³-hybridized carbons (Fsp3) is 0.148. The number of pyridine rings is 1. The van der Waals surface area contributed by atoms with Crippen molar-refractivity contribution >= 4 is 22.6 Å². The highest BCUT2D eigenvalue weighted by Crippen LogP contribution is 2.32. The van der Waals surface area contributed by atoms with Gasteiger partial charge in [0.2, 0.25) is 0 Å². The SMILES string of the molecule is O=C(N[C@@H](Cc1ccncc1)C(=O)O)c1ccc2ccccc2c1OCc1ccc(C(F)(F)F)cc1. The first-order chi connectivity index (χ1) is 17.2. The summed E-state index contributed by atoms with van der Waals surface area (Å²) in [5.74, 6) is -1.64. The molecule has 6 nitrogen and oxygen atoms in total. The fourth-order valence-electron chi connectivity index (χ4n) is 3.71. The van der Waals surface area contributed by atoms with E-state index in [1.165, 1.54) is 30.6 Å². The number of carbonyl (C=O) groups is 2. The molecule has 184 valence electrons. The zero-order chi connectivity index (χ0) is 25.7. The lowest BCUT2D eigenvalue weighted by Gasteiger charge is -2.18. The normalized spacial score (nSPS) is 12.2. The van der Waals surface area contributed by atoms with Crippen molar-refractivity contribution in [3.63, 3.8) is 0 Å². The molecule has 1 aromatic heterocycles. The Morgan fingerprint density at radius 2 is 1.61 bits per heavy atom. The monoisotopic (exact) mass is 494 g/mol. The average Bonchev–Trinajstić information content (AvgIpc) is 2.87. The molecule has 3 aromatic carbocycles. The molecule has 0 radical (unpaired) electrons. The zero-order valence-electron chi connectivity index (χ0n) is 18.8. The number of halogens is 3. The summed E-state index contributed by atoms with van der Waals surface area (Å²) >= 11 is 0. The van der Waals surface area contributed by atoms with E-state index in [-0.39, 0.29) is 24.3 Å². The zero-order valence-corrected chi connectivity index (χ0v) is 18.8. The van der Waals surface area contributed by atoms with Crippen molar-refractivity contribution in [2.45, 2.75) is 25.2 Å². The highest BCUT2D eigenvalue weighted by molar-refractivity contribution is 6.04. The Morgan fingerprint density at radius 1 is 0.917 bits per heavy atom. The summed E-state index contributed by atoms with van der Waals surface area (Å²) in [7, 11) is 0. The number of benzene rings is 3.